The first-order valence-electron chi connectivity index (χ1n) is 6.50. The van der Waals surface area contributed by atoms with Gasteiger partial charge in [-0.05, 0) is 38.0 Å². The van der Waals surface area contributed by atoms with Crippen LogP contribution < -0.4 is 0 Å². The Morgan fingerprint density at radius 3 is 2.00 bits per heavy atom. The van der Waals surface area contributed by atoms with Crippen LogP contribution in [0.5, 0.6) is 0 Å². The largest absolute Gasteiger partial charge is 0.276 e. The van der Waals surface area contributed by atoms with Crippen molar-refractivity contribution in [1.82, 2.24) is 20.4 Å². The molecule has 4 nitrogen and oxygen atoms in total. The first-order chi connectivity index (χ1) is 8.70. The van der Waals surface area contributed by atoms with Gasteiger partial charge in [0.25, 0.3) is 0 Å². The molecule has 0 saturated carbocycles. The maximum atomic E-state index is 4.16. The summed E-state index contributed by atoms with van der Waals surface area (Å²) in [7, 11) is 0. The molecule has 0 aromatic carbocycles. The van der Waals surface area contributed by atoms with E-state index >= 15 is 0 Å². The van der Waals surface area contributed by atoms with E-state index in [1.807, 2.05) is 47.6 Å². The number of aryl methyl sites for hydroxylation is 1. The highest BCUT2D eigenvalue weighted by atomic mass is 15.1. The van der Waals surface area contributed by atoms with Gasteiger partial charge in [0.2, 0.25) is 0 Å². The van der Waals surface area contributed by atoms with Gasteiger partial charge in [-0.3, -0.25) is 5.10 Å². The van der Waals surface area contributed by atoms with E-state index in [0.29, 0.717) is 0 Å². The Morgan fingerprint density at radius 1 is 0.889 bits per heavy atom. The number of rotatable bonds is 1. The standard InChI is InChI=1S/C10H12N4.2C2H6/c1-6-7(2)10(14-12-8(6)3)9-4-5-11-13-9;2*1-2/h4-5H,1-3H3,(H,11,13);2*1-2H3. The molecule has 1 N–H and O–H groups in total. The van der Waals surface area contributed by atoms with Gasteiger partial charge < -0.3 is 0 Å². The second-order valence-corrected chi connectivity index (χ2v) is 3.35. The highest BCUT2D eigenvalue weighted by molar-refractivity contribution is 5.59. The third-order valence-corrected chi connectivity index (χ3v) is 2.52. The molecular weight excluding hydrogens is 224 g/mol. The molecule has 0 aliphatic heterocycles. The number of hydrogen-bond donors (Lipinski definition) is 1. The summed E-state index contributed by atoms with van der Waals surface area (Å²) < 4.78 is 0. The lowest BCUT2D eigenvalue weighted by atomic mass is 10.1. The Balaban J connectivity index is 0.000000659. The van der Waals surface area contributed by atoms with Crippen LogP contribution in [0.25, 0.3) is 11.4 Å². The van der Waals surface area contributed by atoms with Crippen LogP contribution in [0.4, 0.5) is 0 Å². The molecule has 100 valence electrons. The van der Waals surface area contributed by atoms with Crippen molar-refractivity contribution >= 4 is 0 Å². The molecule has 0 atom stereocenters. The van der Waals surface area contributed by atoms with Crippen LogP contribution in [0.3, 0.4) is 0 Å². The van der Waals surface area contributed by atoms with Gasteiger partial charge in [-0.1, -0.05) is 27.7 Å². The number of hydrogen-bond acceptors (Lipinski definition) is 3. The summed E-state index contributed by atoms with van der Waals surface area (Å²) in [6.07, 6.45) is 1.71. The van der Waals surface area contributed by atoms with Crippen LogP contribution in [0, 0.1) is 20.8 Å². The molecule has 4 heteroatoms. The fraction of sp³-hybridized carbons (Fsp3) is 0.500. The molecule has 0 spiro atoms. The molecule has 0 amide bonds. The van der Waals surface area contributed by atoms with E-state index in [9.17, 15) is 0 Å². The van der Waals surface area contributed by atoms with Crippen molar-refractivity contribution in [3.8, 4) is 11.4 Å². The number of aromatic nitrogens is 4. The smallest absolute Gasteiger partial charge is 0.114 e. The number of H-pyrrole nitrogens is 1. The zero-order chi connectivity index (χ0) is 14.1. The van der Waals surface area contributed by atoms with Crippen LogP contribution >= 0.6 is 0 Å². The van der Waals surface area contributed by atoms with E-state index in [1.165, 1.54) is 5.56 Å². The van der Waals surface area contributed by atoms with Gasteiger partial charge in [0, 0.05) is 6.20 Å². The molecule has 0 aliphatic carbocycles. The van der Waals surface area contributed by atoms with Gasteiger partial charge in [-0.15, -0.1) is 5.10 Å². The van der Waals surface area contributed by atoms with Crippen molar-refractivity contribution in [3.63, 3.8) is 0 Å². The monoisotopic (exact) mass is 248 g/mol. The second-order valence-electron chi connectivity index (χ2n) is 3.35. The van der Waals surface area contributed by atoms with E-state index in [1.54, 1.807) is 6.20 Å². The predicted molar refractivity (Wildman–Crippen MR) is 76.5 cm³/mol. The fourth-order valence-corrected chi connectivity index (χ4v) is 1.37. The van der Waals surface area contributed by atoms with Crippen molar-refractivity contribution in [2.45, 2.75) is 48.5 Å². The predicted octanol–water partition coefficient (Wildman–Crippen LogP) is 3.84. The lowest BCUT2D eigenvalue weighted by Gasteiger charge is -2.06. The summed E-state index contributed by atoms with van der Waals surface area (Å²) in [6, 6.07) is 1.89. The summed E-state index contributed by atoms with van der Waals surface area (Å²) in [5.41, 5.74) is 5.11. The molecule has 0 radical (unpaired) electrons. The molecule has 18 heavy (non-hydrogen) atoms. The van der Waals surface area contributed by atoms with E-state index < -0.39 is 0 Å². The van der Waals surface area contributed by atoms with Crippen molar-refractivity contribution in [1.29, 1.82) is 0 Å². The summed E-state index contributed by atoms with van der Waals surface area (Å²) in [5, 5.41) is 15.0. The first kappa shape index (κ1) is 16.3. The highest BCUT2D eigenvalue weighted by Gasteiger charge is 2.09. The van der Waals surface area contributed by atoms with Gasteiger partial charge in [-0.2, -0.15) is 10.2 Å². The number of aromatic amines is 1. The van der Waals surface area contributed by atoms with Gasteiger partial charge >= 0.3 is 0 Å². The van der Waals surface area contributed by atoms with E-state index in [-0.39, 0.29) is 0 Å². The van der Waals surface area contributed by atoms with Crippen LogP contribution in [-0.2, 0) is 0 Å². The number of nitrogens with one attached hydrogen (secondary N) is 1. The van der Waals surface area contributed by atoms with Crippen molar-refractivity contribution in [2.24, 2.45) is 0 Å². The van der Waals surface area contributed by atoms with Crippen LogP contribution in [0.2, 0.25) is 0 Å². The average Bonchev–Trinajstić information content (AvgIpc) is 2.95. The van der Waals surface area contributed by atoms with Crippen molar-refractivity contribution < 1.29 is 0 Å². The molecule has 2 heterocycles. The third kappa shape index (κ3) is 3.65. The molecule has 0 unspecified atom stereocenters. The molecule has 2 rings (SSSR count). The molecule has 0 fully saturated rings. The topological polar surface area (TPSA) is 54.5 Å². The minimum absolute atomic E-state index is 0.880. The molecule has 0 saturated heterocycles. The fourth-order valence-electron chi connectivity index (χ4n) is 1.37. The van der Waals surface area contributed by atoms with Crippen LogP contribution in [0.15, 0.2) is 12.3 Å². The quantitative estimate of drug-likeness (QED) is 0.834. The lowest BCUT2D eigenvalue weighted by molar-refractivity contribution is 0.942. The van der Waals surface area contributed by atoms with E-state index in [4.69, 9.17) is 0 Å². The van der Waals surface area contributed by atoms with Crippen molar-refractivity contribution in [2.75, 3.05) is 0 Å². The Bertz CT molecular complexity index is 447. The van der Waals surface area contributed by atoms with E-state index in [0.717, 1.165) is 22.6 Å². The zero-order valence-electron chi connectivity index (χ0n) is 12.5. The number of nitrogens with zero attached hydrogens (tertiary/aromatic N) is 3. The Morgan fingerprint density at radius 2 is 1.50 bits per heavy atom. The lowest BCUT2D eigenvalue weighted by Crippen LogP contribution is -1.99. The highest BCUT2D eigenvalue weighted by Crippen LogP contribution is 2.20. The zero-order valence-corrected chi connectivity index (χ0v) is 12.5. The minimum atomic E-state index is 0.880. The van der Waals surface area contributed by atoms with Gasteiger partial charge in [-0.25, -0.2) is 0 Å². The maximum absolute atomic E-state index is 4.16. The third-order valence-electron chi connectivity index (χ3n) is 2.52. The maximum Gasteiger partial charge on any atom is 0.114 e. The SMILES string of the molecule is CC.CC.Cc1nnc(-c2ccn[nH]2)c(C)c1C. The summed E-state index contributed by atoms with van der Waals surface area (Å²) in [5.74, 6) is 0. The normalized spacial score (nSPS) is 8.83. The van der Waals surface area contributed by atoms with Gasteiger partial charge in [0.05, 0.1) is 11.4 Å². The summed E-state index contributed by atoms with van der Waals surface area (Å²) in [6.45, 7) is 14.1. The average molecular weight is 248 g/mol. The summed E-state index contributed by atoms with van der Waals surface area (Å²) in [4.78, 5) is 0. The minimum Gasteiger partial charge on any atom is -0.276 e. The van der Waals surface area contributed by atoms with Gasteiger partial charge in [0.15, 0.2) is 0 Å². The van der Waals surface area contributed by atoms with Crippen LogP contribution in [0.1, 0.15) is 44.5 Å². The second kappa shape index (κ2) is 8.39. The summed E-state index contributed by atoms with van der Waals surface area (Å²) >= 11 is 0. The first-order valence-corrected chi connectivity index (χ1v) is 6.50. The van der Waals surface area contributed by atoms with Crippen LogP contribution in [-0.4, -0.2) is 20.4 Å². The van der Waals surface area contributed by atoms with Crippen molar-refractivity contribution in [3.05, 3.63) is 29.1 Å². The molecule has 0 aliphatic rings. The Labute approximate surface area is 110 Å². The Kier molecular flexibility index (Phi) is 7.59. The Hall–Kier alpha value is -1.71. The molecule has 0 bridgehead atoms. The molecule has 2 aromatic rings. The van der Waals surface area contributed by atoms with Gasteiger partial charge in [0.1, 0.15) is 5.69 Å². The van der Waals surface area contributed by atoms with E-state index in [2.05, 4.69) is 27.3 Å². The molecule has 2 aromatic heterocycles. The molecular formula is C14H24N4.